The van der Waals surface area contributed by atoms with E-state index in [4.69, 9.17) is 10.5 Å². The van der Waals surface area contributed by atoms with Crippen molar-refractivity contribution in [1.82, 2.24) is 9.88 Å². The number of amides is 1. The molecule has 7 heteroatoms. The van der Waals surface area contributed by atoms with Crippen molar-refractivity contribution in [3.05, 3.63) is 53.7 Å². The van der Waals surface area contributed by atoms with Gasteiger partial charge in [-0.2, -0.15) is 0 Å². The molecule has 0 bridgehead atoms. The highest BCUT2D eigenvalue weighted by Crippen LogP contribution is 2.22. The van der Waals surface area contributed by atoms with Crippen LogP contribution < -0.4 is 15.4 Å². The summed E-state index contributed by atoms with van der Waals surface area (Å²) < 4.78 is 5.51. The molecule has 3 rings (SSSR count). The molecule has 150 valence electrons. The third-order valence-corrected chi connectivity index (χ3v) is 5.04. The van der Waals surface area contributed by atoms with Crippen LogP contribution in [0.5, 0.6) is 5.75 Å². The van der Waals surface area contributed by atoms with Crippen molar-refractivity contribution in [3.8, 4) is 5.75 Å². The Morgan fingerprint density at radius 3 is 2.75 bits per heavy atom. The van der Waals surface area contributed by atoms with Crippen molar-refractivity contribution < 1.29 is 14.6 Å². The molecule has 3 N–H and O–H groups in total. The summed E-state index contributed by atoms with van der Waals surface area (Å²) in [5.74, 6) is 1.17. The van der Waals surface area contributed by atoms with Crippen LogP contribution in [-0.4, -0.2) is 59.8 Å². The summed E-state index contributed by atoms with van der Waals surface area (Å²) in [6, 6.07) is 11.7. The second kappa shape index (κ2) is 9.52. The maximum absolute atomic E-state index is 11.4. The fourth-order valence-electron chi connectivity index (χ4n) is 3.57. The summed E-state index contributed by atoms with van der Waals surface area (Å²) in [5, 5.41) is 9.53. The summed E-state index contributed by atoms with van der Waals surface area (Å²) in [6.07, 6.45) is 2.30. The van der Waals surface area contributed by atoms with E-state index in [9.17, 15) is 9.90 Å². The number of piperazine rings is 1. The highest BCUT2D eigenvalue weighted by Gasteiger charge is 2.27. The SMILES string of the molecule is CCOc1ccc(CN2CCN(c3cc(C(N)=O)ccn3)CC2CCO)cc1. The van der Waals surface area contributed by atoms with Crippen molar-refractivity contribution in [2.45, 2.75) is 25.9 Å². The number of pyridine rings is 1. The van der Waals surface area contributed by atoms with Gasteiger partial charge in [0.15, 0.2) is 0 Å². The van der Waals surface area contributed by atoms with Gasteiger partial charge in [-0.25, -0.2) is 4.98 Å². The first-order chi connectivity index (χ1) is 13.6. The van der Waals surface area contributed by atoms with Gasteiger partial charge in [0.25, 0.3) is 0 Å². The van der Waals surface area contributed by atoms with Crippen molar-refractivity contribution in [1.29, 1.82) is 0 Å². The molecule has 7 nitrogen and oxygen atoms in total. The molecular formula is C21H28N4O3. The minimum absolute atomic E-state index is 0.132. The van der Waals surface area contributed by atoms with Crippen molar-refractivity contribution in [2.24, 2.45) is 5.73 Å². The zero-order valence-corrected chi connectivity index (χ0v) is 16.3. The zero-order chi connectivity index (χ0) is 19.9. The third-order valence-electron chi connectivity index (χ3n) is 5.04. The van der Waals surface area contributed by atoms with Crippen LogP contribution in [0, 0.1) is 0 Å². The van der Waals surface area contributed by atoms with E-state index < -0.39 is 5.91 Å². The Morgan fingerprint density at radius 1 is 1.29 bits per heavy atom. The number of aromatic nitrogens is 1. The predicted octanol–water partition coefficient (Wildman–Crippen LogP) is 1.65. The molecule has 2 heterocycles. The summed E-state index contributed by atoms with van der Waals surface area (Å²) in [5.41, 5.74) is 7.06. The van der Waals surface area contributed by atoms with Gasteiger partial charge in [0.2, 0.25) is 5.91 Å². The van der Waals surface area contributed by atoms with E-state index in [1.54, 1.807) is 18.3 Å². The Morgan fingerprint density at radius 2 is 2.07 bits per heavy atom. The first-order valence-electron chi connectivity index (χ1n) is 9.68. The smallest absolute Gasteiger partial charge is 0.248 e. The van der Waals surface area contributed by atoms with E-state index in [1.807, 2.05) is 19.1 Å². The highest BCUT2D eigenvalue weighted by atomic mass is 16.5. The molecular weight excluding hydrogens is 356 g/mol. The van der Waals surface area contributed by atoms with Gasteiger partial charge in [-0.3, -0.25) is 9.69 Å². The van der Waals surface area contributed by atoms with Crippen LogP contribution in [0.2, 0.25) is 0 Å². The average molecular weight is 384 g/mol. The molecule has 1 saturated heterocycles. The van der Waals surface area contributed by atoms with Gasteiger partial charge in [0.1, 0.15) is 11.6 Å². The monoisotopic (exact) mass is 384 g/mol. The van der Waals surface area contributed by atoms with E-state index in [-0.39, 0.29) is 12.6 Å². The standard InChI is InChI=1S/C21H28N4O3/c1-2-28-19-5-3-16(4-6-19)14-24-10-11-25(15-18(24)8-12-26)20-13-17(21(22)27)7-9-23-20/h3-7,9,13,18,26H,2,8,10-12,14-15H2,1H3,(H2,22,27). The number of benzene rings is 1. The van der Waals surface area contributed by atoms with Crippen molar-refractivity contribution in [3.63, 3.8) is 0 Å². The number of ether oxygens (including phenoxy) is 1. The lowest BCUT2D eigenvalue weighted by molar-refractivity contribution is 0.1000. The molecule has 1 aromatic carbocycles. The number of hydrogen-bond acceptors (Lipinski definition) is 6. The van der Waals surface area contributed by atoms with Gasteiger partial charge < -0.3 is 20.5 Å². The normalized spacial score (nSPS) is 17.5. The van der Waals surface area contributed by atoms with E-state index in [1.165, 1.54) is 5.56 Å². The average Bonchev–Trinajstić information content (AvgIpc) is 2.71. The fraction of sp³-hybridized carbons (Fsp3) is 0.429. The largest absolute Gasteiger partial charge is 0.494 e. The molecule has 1 aliphatic heterocycles. The number of carbonyl (C=O) groups excluding carboxylic acids is 1. The lowest BCUT2D eigenvalue weighted by Crippen LogP contribution is -2.53. The number of rotatable bonds is 8. The Bertz CT molecular complexity index is 781. The van der Waals surface area contributed by atoms with Crippen LogP contribution in [0.3, 0.4) is 0 Å². The van der Waals surface area contributed by atoms with Gasteiger partial charge in [-0.15, -0.1) is 0 Å². The topological polar surface area (TPSA) is 91.9 Å². The number of carbonyl (C=O) groups is 1. The fourth-order valence-corrected chi connectivity index (χ4v) is 3.57. The summed E-state index contributed by atoms with van der Waals surface area (Å²) in [7, 11) is 0. The zero-order valence-electron chi connectivity index (χ0n) is 16.3. The van der Waals surface area contributed by atoms with E-state index >= 15 is 0 Å². The molecule has 1 aromatic heterocycles. The Labute approximate surface area is 165 Å². The van der Waals surface area contributed by atoms with Gasteiger partial charge >= 0.3 is 0 Å². The Kier molecular flexibility index (Phi) is 6.84. The Hall–Kier alpha value is -2.64. The number of nitrogens with zero attached hydrogens (tertiary/aromatic N) is 3. The molecule has 1 amide bonds. The van der Waals surface area contributed by atoms with Crippen LogP contribution >= 0.6 is 0 Å². The minimum atomic E-state index is -0.454. The second-order valence-electron chi connectivity index (χ2n) is 6.93. The second-order valence-corrected chi connectivity index (χ2v) is 6.93. The lowest BCUT2D eigenvalue weighted by atomic mass is 10.1. The number of hydrogen-bond donors (Lipinski definition) is 2. The summed E-state index contributed by atoms with van der Waals surface area (Å²) in [4.78, 5) is 20.4. The summed E-state index contributed by atoms with van der Waals surface area (Å²) >= 11 is 0. The molecule has 0 aliphatic carbocycles. The van der Waals surface area contributed by atoms with Crippen LogP contribution in [0.1, 0.15) is 29.3 Å². The number of primary amides is 1. The molecule has 28 heavy (non-hydrogen) atoms. The first kappa shape index (κ1) is 20.1. The van der Waals surface area contributed by atoms with Crippen LogP contribution in [0.15, 0.2) is 42.6 Å². The maximum atomic E-state index is 11.4. The molecule has 2 aromatic rings. The number of nitrogens with two attached hydrogens (primary N) is 1. The van der Waals surface area contributed by atoms with Crippen LogP contribution in [0.25, 0.3) is 0 Å². The molecule has 0 saturated carbocycles. The first-order valence-corrected chi connectivity index (χ1v) is 9.68. The molecule has 1 unspecified atom stereocenters. The van der Waals surface area contributed by atoms with Gasteiger partial charge in [-0.05, 0) is 43.2 Å². The van der Waals surface area contributed by atoms with Gasteiger partial charge in [0.05, 0.1) is 6.61 Å². The number of anilines is 1. The predicted molar refractivity (Wildman–Crippen MR) is 108 cm³/mol. The van der Waals surface area contributed by atoms with Gasteiger partial charge in [-0.1, -0.05) is 12.1 Å². The number of aliphatic hydroxyl groups excluding tert-OH is 1. The minimum Gasteiger partial charge on any atom is -0.494 e. The Balaban J connectivity index is 1.68. The maximum Gasteiger partial charge on any atom is 0.248 e. The van der Waals surface area contributed by atoms with Gasteiger partial charge in [0, 0.05) is 50.6 Å². The van der Waals surface area contributed by atoms with E-state index in [0.717, 1.165) is 37.7 Å². The molecule has 1 aliphatic rings. The molecule has 0 spiro atoms. The summed E-state index contributed by atoms with van der Waals surface area (Å²) in [6.45, 7) is 5.97. The van der Waals surface area contributed by atoms with Crippen molar-refractivity contribution in [2.75, 3.05) is 37.7 Å². The quantitative estimate of drug-likeness (QED) is 0.719. The number of aliphatic hydroxyl groups is 1. The molecule has 0 radical (unpaired) electrons. The van der Waals surface area contributed by atoms with E-state index in [2.05, 4.69) is 26.9 Å². The molecule has 1 atom stereocenters. The third kappa shape index (κ3) is 4.99. The van der Waals surface area contributed by atoms with Crippen LogP contribution in [0.4, 0.5) is 5.82 Å². The lowest BCUT2D eigenvalue weighted by Gasteiger charge is -2.42. The highest BCUT2D eigenvalue weighted by molar-refractivity contribution is 5.93. The molecule has 1 fully saturated rings. The van der Waals surface area contributed by atoms with E-state index in [0.29, 0.717) is 18.6 Å². The van der Waals surface area contributed by atoms with Crippen molar-refractivity contribution >= 4 is 11.7 Å². The van der Waals surface area contributed by atoms with Crippen LogP contribution in [-0.2, 0) is 6.54 Å².